The predicted molar refractivity (Wildman–Crippen MR) is 140 cm³/mol. The van der Waals surface area contributed by atoms with Crippen LogP contribution >= 0.6 is 11.3 Å². The number of halogens is 5. The number of carbonyl (C=O) groups is 2. The third kappa shape index (κ3) is 5.64. The Hall–Kier alpha value is -2.87. The van der Waals surface area contributed by atoms with Crippen molar-refractivity contribution in [2.45, 2.75) is 101 Å². The molecule has 3 atom stereocenters. The van der Waals surface area contributed by atoms with E-state index in [1.54, 1.807) is 4.90 Å². The van der Waals surface area contributed by atoms with Gasteiger partial charge in [-0.3, -0.25) is 9.59 Å². The molecule has 2 saturated heterocycles. The zero-order valence-electron chi connectivity index (χ0n) is 22.0. The monoisotopic (exact) mass is 599 g/mol. The fourth-order valence-corrected chi connectivity index (χ4v) is 7.42. The number of alkyl halides is 5. The maximum Gasteiger partial charge on any atom is 0.408 e. The van der Waals surface area contributed by atoms with Gasteiger partial charge < -0.3 is 20.6 Å². The first kappa shape index (κ1) is 28.3. The lowest BCUT2D eigenvalue weighted by Gasteiger charge is -2.23. The van der Waals surface area contributed by atoms with Crippen LogP contribution in [-0.4, -0.2) is 68.2 Å². The molecule has 222 valence electrons. The molecule has 0 radical (unpaired) electrons. The summed E-state index contributed by atoms with van der Waals surface area (Å²) >= 11 is 0.778. The second-order valence-electron chi connectivity index (χ2n) is 11.5. The van der Waals surface area contributed by atoms with Crippen molar-refractivity contribution in [2.75, 3.05) is 5.32 Å². The molecule has 8 nitrogen and oxygen atoms in total. The quantitative estimate of drug-likeness (QED) is 0.356. The number of aromatic nitrogens is 2. The number of aliphatic hydroxyl groups is 1. The Balaban J connectivity index is 1.36. The van der Waals surface area contributed by atoms with Crippen LogP contribution in [0.5, 0.6) is 0 Å². The summed E-state index contributed by atoms with van der Waals surface area (Å²) in [7, 11) is 0. The first-order chi connectivity index (χ1) is 19.5. The van der Waals surface area contributed by atoms with Crippen molar-refractivity contribution in [3.63, 3.8) is 0 Å². The third-order valence-corrected chi connectivity index (χ3v) is 9.70. The summed E-state index contributed by atoms with van der Waals surface area (Å²) in [5, 5.41) is 14.8. The summed E-state index contributed by atoms with van der Waals surface area (Å²) in [6.45, 7) is 0. The maximum absolute atomic E-state index is 14.4. The van der Waals surface area contributed by atoms with Gasteiger partial charge in [-0.2, -0.15) is 13.2 Å². The van der Waals surface area contributed by atoms with Gasteiger partial charge in [0.15, 0.2) is 5.01 Å². The molecule has 2 amide bonds. The molecule has 2 saturated carbocycles. The van der Waals surface area contributed by atoms with E-state index in [2.05, 4.69) is 20.6 Å². The number of aliphatic hydroxyl groups excluding tert-OH is 1. The largest absolute Gasteiger partial charge is 0.408 e. The number of anilines is 1. The molecule has 2 aromatic heterocycles. The Morgan fingerprint density at radius 2 is 1.73 bits per heavy atom. The molecule has 4 fully saturated rings. The Morgan fingerprint density at radius 1 is 1.05 bits per heavy atom. The summed E-state index contributed by atoms with van der Waals surface area (Å²) in [5.74, 6) is -2.02. The van der Waals surface area contributed by atoms with E-state index in [1.807, 2.05) is 0 Å². The molecule has 0 aromatic carbocycles. The average Bonchev–Trinajstić information content (AvgIpc) is 3.23. The van der Waals surface area contributed by atoms with Crippen LogP contribution in [0.1, 0.15) is 90.1 Å². The molecular formula is C27H30F5N5O3S. The molecule has 6 rings (SSSR count). The summed E-state index contributed by atoms with van der Waals surface area (Å²) < 4.78 is 69.5. The van der Waals surface area contributed by atoms with Gasteiger partial charge in [0.1, 0.15) is 17.6 Å². The SMILES string of the molecule is O=C(N[C@@H]1CC[C@@H](O)C1)c1nc(C(=O)N2C3CCC2CC3)c(-c2cnc(N[C@@H](C3CC3)C(F)(F)F)cc2C(F)F)s1. The molecule has 0 unspecified atom stereocenters. The lowest BCUT2D eigenvalue weighted by molar-refractivity contribution is -0.146. The normalized spacial score (nSPS) is 26.6. The van der Waals surface area contributed by atoms with Crippen LogP contribution in [0.25, 0.3) is 10.4 Å². The summed E-state index contributed by atoms with van der Waals surface area (Å²) in [6.07, 6.45) is -1.59. The predicted octanol–water partition coefficient (Wildman–Crippen LogP) is 5.31. The lowest BCUT2D eigenvalue weighted by Crippen LogP contribution is -2.38. The summed E-state index contributed by atoms with van der Waals surface area (Å²) in [6, 6.07) is -1.27. The van der Waals surface area contributed by atoms with Crippen molar-refractivity contribution in [3.05, 3.63) is 28.5 Å². The van der Waals surface area contributed by atoms with E-state index in [0.717, 1.165) is 49.3 Å². The van der Waals surface area contributed by atoms with Gasteiger partial charge in [-0.05, 0) is 69.8 Å². The number of thiazole rings is 1. The van der Waals surface area contributed by atoms with Gasteiger partial charge in [0.25, 0.3) is 18.2 Å². The lowest BCUT2D eigenvalue weighted by atomic mass is 10.0. The zero-order chi connectivity index (χ0) is 29.1. The van der Waals surface area contributed by atoms with Crippen molar-refractivity contribution in [1.82, 2.24) is 20.2 Å². The Morgan fingerprint density at radius 3 is 2.29 bits per heavy atom. The number of carbonyl (C=O) groups excluding carboxylic acids is 2. The van der Waals surface area contributed by atoms with Crippen LogP contribution in [0.2, 0.25) is 0 Å². The van der Waals surface area contributed by atoms with Crippen LogP contribution < -0.4 is 10.6 Å². The van der Waals surface area contributed by atoms with Crippen molar-refractivity contribution in [2.24, 2.45) is 5.92 Å². The second kappa shape index (κ2) is 10.8. The first-order valence-corrected chi connectivity index (χ1v) is 14.8. The van der Waals surface area contributed by atoms with Crippen LogP contribution in [-0.2, 0) is 0 Å². The van der Waals surface area contributed by atoms with E-state index in [9.17, 15) is 36.6 Å². The smallest absolute Gasteiger partial charge is 0.393 e. The van der Waals surface area contributed by atoms with Crippen molar-refractivity contribution in [3.8, 4) is 10.4 Å². The Bertz CT molecular complexity index is 1310. The minimum absolute atomic E-state index is 0.0142. The average molecular weight is 600 g/mol. The molecule has 0 spiro atoms. The van der Waals surface area contributed by atoms with E-state index in [1.165, 1.54) is 0 Å². The van der Waals surface area contributed by atoms with Gasteiger partial charge >= 0.3 is 6.18 Å². The summed E-state index contributed by atoms with van der Waals surface area (Å²) in [5.41, 5.74) is -0.892. The van der Waals surface area contributed by atoms with E-state index in [4.69, 9.17) is 0 Å². The van der Waals surface area contributed by atoms with Gasteiger partial charge in [0.05, 0.1) is 11.0 Å². The van der Waals surface area contributed by atoms with Gasteiger partial charge in [-0.15, -0.1) is 11.3 Å². The highest BCUT2D eigenvalue weighted by atomic mass is 32.1. The number of nitrogens with zero attached hydrogens (tertiary/aromatic N) is 3. The van der Waals surface area contributed by atoms with Gasteiger partial charge in [-0.25, -0.2) is 18.7 Å². The highest BCUT2D eigenvalue weighted by Gasteiger charge is 2.49. The summed E-state index contributed by atoms with van der Waals surface area (Å²) in [4.78, 5) is 37.0. The highest BCUT2D eigenvalue weighted by molar-refractivity contribution is 7.17. The molecule has 4 heterocycles. The molecule has 4 aliphatic rings. The van der Waals surface area contributed by atoms with Crippen LogP contribution in [0.15, 0.2) is 12.3 Å². The molecule has 2 bridgehead atoms. The number of hydrogen-bond donors (Lipinski definition) is 3. The molecule has 14 heteroatoms. The van der Waals surface area contributed by atoms with E-state index in [0.29, 0.717) is 32.1 Å². The van der Waals surface area contributed by atoms with E-state index >= 15 is 0 Å². The fraction of sp³-hybridized carbons (Fsp3) is 0.630. The van der Waals surface area contributed by atoms with Gasteiger partial charge in [0.2, 0.25) is 0 Å². The maximum atomic E-state index is 14.4. The van der Waals surface area contributed by atoms with Crippen LogP contribution in [0.3, 0.4) is 0 Å². The molecule has 2 aliphatic carbocycles. The molecule has 41 heavy (non-hydrogen) atoms. The van der Waals surface area contributed by atoms with Crippen LogP contribution in [0.4, 0.5) is 27.8 Å². The Labute approximate surface area is 236 Å². The number of pyridine rings is 1. The topological polar surface area (TPSA) is 107 Å². The number of rotatable bonds is 8. The van der Waals surface area contributed by atoms with E-state index < -0.39 is 48.0 Å². The number of nitrogens with one attached hydrogen (secondary N) is 2. The van der Waals surface area contributed by atoms with E-state index in [-0.39, 0.29) is 45.1 Å². The standard InChI is InChI=1S/C27H30F5N5O3S/c28-23(29)17-10-19(35-22(12-1-2-12)27(30,31)32)33-11-18(17)21-20(26(40)37-14-4-5-15(37)7-6-14)36-25(41-21)24(39)34-13-3-8-16(38)9-13/h10-16,22-23,38H,1-9H2,(H,33,35)(H,34,39)/t13-,14?,15?,16-,22+/m1/s1. The molecule has 3 N–H and O–H groups in total. The minimum atomic E-state index is -4.57. The fourth-order valence-electron chi connectivity index (χ4n) is 6.42. The van der Waals surface area contributed by atoms with Crippen LogP contribution in [0, 0.1) is 5.92 Å². The second-order valence-corrected chi connectivity index (χ2v) is 12.5. The zero-order valence-corrected chi connectivity index (χ0v) is 22.8. The number of hydrogen-bond acceptors (Lipinski definition) is 7. The third-order valence-electron chi connectivity index (χ3n) is 8.62. The van der Waals surface area contributed by atoms with Crippen molar-refractivity contribution in [1.29, 1.82) is 0 Å². The molecule has 2 aliphatic heterocycles. The number of amides is 2. The Kier molecular flexibility index (Phi) is 7.41. The minimum Gasteiger partial charge on any atom is -0.393 e. The molecular weight excluding hydrogens is 569 g/mol. The van der Waals surface area contributed by atoms with Crippen molar-refractivity contribution < 1.29 is 36.6 Å². The first-order valence-electron chi connectivity index (χ1n) is 13.9. The highest BCUT2D eigenvalue weighted by Crippen LogP contribution is 2.44. The van der Waals surface area contributed by atoms with Gasteiger partial charge in [-0.1, -0.05) is 0 Å². The number of fused-ring (bicyclic) bond motifs is 2. The van der Waals surface area contributed by atoms with Gasteiger partial charge in [0, 0.05) is 35.4 Å². The molecule has 2 aromatic rings. The van der Waals surface area contributed by atoms with Crippen molar-refractivity contribution >= 4 is 29.0 Å².